The lowest BCUT2D eigenvalue weighted by atomic mass is 9.87. The lowest BCUT2D eigenvalue weighted by Crippen LogP contribution is -2.41. The topological polar surface area (TPSA) is 66.1 Å². The van der Waals surface area contributed by atoms with Crippen molar-refractivity contribution in [1.29, 1.82) is 0 Å². The van der Waals surface area contributed by atoms with Crippen molar-refractivity contribution in [3.05, 3.63) is 11.9 Å². The van der Waals surface area contributed by atoms with Gasteiger partial charge in [-0.3, -0.25) is 9.40 Å². The van der Waals surface area contributed by atoms with Crippen LogP contribution in [0.1, 0.15) is 44.2 Å². The van der Waals surface area contributed by atoms with Gasteiger partial charge in [0.1, 0.15) is 0 Å². The lowest BCUT2D eigenvalue weighted by molar-refractivity contribution is 0.333. The number of rotatable bonds is 3. The third-order valence-corrected chi connectivity index (χ3v) is 7.49. The first-order valence-corrected chi connectivity index (χ1v) is 9.22. The summed E-state index contributed by atoms with van der Waals surface area (Å²) in [6.07, 6.45) is 9.22. The van der Waals surface area contributed by atoms with Gasteiger partial charge in [-0.1, -0.05) is 0 Å². The van der Waals surface area contributed by atoms with Gasteiger partial charge >= 0.3 is 0 Å². The third kappa shape index (κ3) is 1.88. The molecule has 2 bridgehead atoms. The Bertz CT molecular complexity index is 614. The fourth-order valence-corrected chi connectivity index (χ4v) is 6.69. The Labute approximate surface area is 119 Å². The van der Waals surface area contributed by atoms with E-state index in [1.165, 1.54) is 12.8 Å². The van der Waals surface area contributed by atoms with Crippen molar-refractivity contribution in [2.24, 2.45) is 11.3 Å². The second-order valence-corrected chi connectivity index (χ2v) is 8.71. The van der Waals surface area contributed by atoms with E-state index in [9.17, 15) is 8.42 Å². The van der Waals surface area contributed by atoms with E-state index in [-0.39, 0.29) is 5.41 Å². The van der Waals surface area contributed by atoms with Crippen LogP contribution in [0.25, 0.3) is 0 Å². The fourth-order valence-electron chi connectivity index (χ4n) is 4.49. The van der Waals surface area contributed by atoms with Gasteiger partial charge < -0.3 is 0 Å². The first-order valence-electron chi connectivity index (χ1n) is 7.61. The standard InChI is InChI=1S/C14H21N3O2S/c18-20(19,10-14-5-3-11(8-14)4-6-14)17-7-1-2-12-13(17)9-15-16-12/h9,11H,1-8,10H2,(H,15,16). The summed E-state index contributed by atoms with van der Waals surface area (Å²) in [5.74, 6) is 1.12. The molecular formula is C14H21N3O2S. The van der Waals surface area contributed by atoms with Crippen molar-refractivity contribution in [3.63, 3.8) is 0 Å². The van der Waals surface area contributed by atoms with Gasteiger partial charge in [0.2, 0.25) is 10.0 Å². The summed E-state index contributed by atoms with van der Waals surface area (Å²) in [5.41, 5.74) is 1.82. The van der Waals surface area contributed by atoms with Crippen molar-refractivity contribution in [2.75, 3.05) is 16.6 Å². The van der Waals surface area contributed by atoms with Crippen molar-refractivity contribution in [1.82, 2.24) is 10.2 Å². The number of nitrogens with zero attached hydrogens (tertiary/aromatic N) is 2. The zero-order valence-electron chi connectivity index (χ0n) is 11.6. The van der Waals surface area contributed by atoms with E-state index in [2.05, 4.69) is 10.2 Å². The molecule has 1 N–H and O–H groups in total. The molecule has 2 saturated carbocycles. The molecule has 0 saturated heterocycles. The van der Waals surface area contributed by atoms with Crippen molar-refractivity contribution in [2.45, 2.75) is 44.9 Å². The van der Waals surface area contributed by atoms with E-state index in [1.54, 1.807) is 10.5 Å². The molecule has 1 aromatic rings. The van der Waals surface area contributed by atoms with Crippen LogP contribution in [-0.2, 0) is 16.4 Å². The SMILES string of the molecule is O=S(=O)(CC12CCC(CC1)C2)N1CCCc2[nH]ncc21. The van der Waals surface area contributed by atoms with E-state index < -0.39 is 10.0 Å². The minimum atomic E-state index is -3.22. The van der Waals surface area contributed by atoms with Crippen LogP contribution in [0.3, 0.4) is 0 Å². The van der Waals surface area contributed by atoms with Crippen LogP contribution in [0.2, 0.25) is 0 Å². The Hall–Kier alpha value is -1.04. The molecule has 20 heavy (non-hydrogen) atoms. The minimum absolute atomic E-state index is 0.0743. The van der Waals surface area contributed by atoms with Gasteiger partial charge in [0, 0.05) is 6.54 Å². The summed E-state index contributed by atoms with van der Waals surface area (Å²) in [5, 5.41) is 6.94. The number of hydrogen-bond acceptors (Lipinski definition) is 3. The summed E-state index contributed by atoms with van der Waals surface area (Å²) in [4.78, 5) is 0. The molecule has 110 valence electrons. The number of hydrogen-bond donors (Lipinski definition) is 1. The van der Waals surface area contributed by atoms with Gasteiger partial charge in [0.25, 0.3) is 0 Å². The average Bonchev–Trinajstić information content (AvgIpc) is 3.11. The molecule has 1 aromatic heterocycles. The van der Waals surface area contributed by atoms with E-state index in [0.29, 0.717) is 12.3 Å². The quantitative estimate of drug-likeness (QED) is 0.928. The average molecular weight is 295 g/mol. The molecule has 0 unspecified atom stereocenters. The summed E-state index contributed by atoms with van der Waals surface area (Å²) >= 11 is 0. The van der Waals surface area contributed by atoms with Gasteiger partial charge in [-0.15, -0.1) is 0 Å². The molecule has 0 amide bonds. The number of H-pyrrole nitrogens is 1. The maximum atomic E-state index is 12.9. The minimum Gasteiger partial charge on any atom is -0.280 e. The summed E-state index contributed by atoms with van der Waals surface area (Å²) in [6, 6.07) is 0. The molecule has 6 heteroatoms. The number of fused-ring (bicyclic) bond motifs is 3. The van der Waals surface area contributed by atoms with Crippen LogP contribution in [0.4, 0.5) is 5.69 Å². The first kappa shape index (κ1) is 12.7. The highest BCUT2D eigenvalue weighted by atomic mass is 32.2. The number of aromatic nitrogens is 2. The smallest absolute Gasteiger partial charge is 0.235 e. The second-order valence-electron chi connectivity index (χ2n) is 6.81. The third-order valence-electron chi connectivity index (χ3n) is 5.46. The molecule has 0 aromatic carbocycles. The van der Waals surface area contributed by atoms with Gasteiger partial charge in [0.05, 0.1) is 23.3 Å². The predicted molar refractivity (Wildman–Crippen MR) is 77.0 cm³/mol. The number of anilines is 1. The van der Waals surface area contributed by atoms with Crippen molar-refractivity contribution < 1.29 is 8.42 Å². The van der Waals surface area contributed by atoms with E-state index in [4.69, 9.17) is 0 Å². The molecule has 0 spiro atoms. The lowest BCUT2D eigenvalue weighted by Gasteiger charge is -2.33. The Kier molecular flexibility index (Phi) is 2.68. The highest BCUT2D eigenvalue weighted by Crippen LogP contribution is 2.55. The molecule has 5 nitrogen and oxygen atoms in total. The largest absolute Gasteiger partial charge is 0.280 e. The molecule has 4 rings (SSSR count). The summed E-state index contributed by atoms with van der Waals surface area (Å²) in [6.45, 7) is 0.606. The van der Waals surface area contributed by atoms with Crippen molar-refractivity contribution in [3.8, 4) is 0 Å². The molecule has 3 aliphatic rings. The van der Waals surface area contributed by atoms with Crippen LogP contribution in [0.5, 0.6) is 0 Å². The first-order chi connectivity index (χ1) is 9.58. The molecule has 2 aliphatic carbocycles. The zero-order valence-corrected chi connectivity index (χ0v) is 12.5. The number of nitrogens with one attached hydrogen (secondary N) is 1. The van der Waals surface area contributed by atoms with Gasteiger partial charge in [-0.25, -0.2) is 8.42 Å². The maximum absolute atomic E-state index is 12.9. The predicted octanol–water partition coefficient (Wildman–Crippen LogP) is 2.07. The monoisotopic (exact) mass is 295 g/mol. The van der Waals surface area contributed by atoms with Crippen LogP contribution < -0.4 is 4.31 Å². The van der Waals surface area contributed by atoms with E-state index in [0.717, 1.165) is 49.4 Å². The molecular weight excluding hydrogens is 274 g/mol. The molecule has 0 radical (unpaired) electrons. The number of sulfonamides is 1. The van der Waals surface area contributed by atoms with Crippen LogP contribution in [0, 0.1) is 11.3 Å². The Morgan fingerprint density at radius 1 is 1.40 bits per heavy atom. The zero-order chi connectivity index (χ0) is 13.8. The van der Waals surface area contributed by atoms with Crippen LogP contribution in [-0.4, -0.2) is 30.9 Å². The van der Waals surface area contributed by atoms with Crippen LogP contribution >= 0.6 is 0 Å². The highest BCUT2D eigenvalue weighted by Gasteiger charge is 2.48. The normalized spacial score (nSPS) is 32.6. The Morgan fingerprint density at radius 3 is 2.90 bits per heavy atom. The van der Waals surface area contributed by atoms with E-state index in [1.807, 2.05) is 0 Å². The van der Waals surface area contributed by atoms with Gasteiger partial charge in [-0.05, 0) is 56.3 Å². The summed E-state index contributed by atoms with van der Waals surface area (Å²) < 4.78 is 27.3. The fraction of sp³-hybridized carbons (Fsp3) is 0.786. The van der Waals surface area contributed by atoms with Gasteiger partial charge in [-0.2, -0.15) is 5.10 Å². The number of aryl methyl sites for hydroxylation is 1. The number of aromatic amines is 1. The maximum Gasteiger partial charge on any atom is 0.235 e. The Morgan fingerprint density at radius 2 is 2.20 bits per heavy atom. The molecule has 2 fully saturated rings. The molecule has 2 heterocycles. The Balaban J connectivity index is 1.62. The highest BCUT2D eigenvalue weighted by molar-refractivity contribution is 7.92. The van der Waals surface area contributed by atoms with Crippen molar-refractivity contribution >= 4 is 15.7 Å². The van der Waals surface area contributed by atoms with Gasteiger partial charge in [0.15, 0.2) is 0 Å². The second kappa shape index (κ2) is 4.23. The molecule has 1 aliphatic heterocycles. The molecule has 0 atom stereocenters. The van der Waals surface area contributed by atoms with Crippen LogP contribution in [0.15, 0.2) is 6.20 Å². The summed E-state index contributed by atoms with van der Waals surface area (Å²) in [7, 11) is -3.22. The van der Waals surface area contributed by atoms with E-state index >= 15 is 0 Å².